The van der Waals surface area contributed by atoms with E-state index in [1.165, 1.54) is 31.8 Å². The highest BCUT2D eigenvalue weighted by atomic mass is 16.5. The molecule has 0 unspecified atom stereocenters. The first-order valence-corrected chi connectivity index (χ1v) is 5.77. The molecular formula is C12H23NO2. The van der Waals surface area contributed by atoms with Gasteiger partial charge in [-0.1, -0.05) is 39.0 Å². The van der Waals surface area contributed by atoms with Gasteiger partial charge < -0.3 is 10.5 Å². The molecule has 0 aromatic carbocycles. The third-order valence-electron chi connectivity index (χ3n) is 2.09. The van der Waals surface area contributed by atoms with Crippen LogP contribution in [0.4, 0.5) is 0 Å². The maximum absolute atomic E-state index is 11.0. The number of allylic oxidation sites excluding steroid dienone is 1. The fourth-order valence-corrected chi connectivity index (χ4v) is 1.28. The SMILES string of the molecule is CCCCCCCCOC(=O)C=C(C)N. The first-order valence-electron chi connectivity index (χ1n) is 5.77. The number of hydrogen-bond donors (Lipinski definition) is 1. The Morgan fingerprint density at radius 2 is 1.80 bits per heavy atom. The number of unbranched alkanes of at least 4 members (excludes halogenated alkanes) is 5. The van der Waals surface area contributed by atoms with Crippen molar-refractivity contribution in [3.05, 3.63) is 11.8 Å². The third kappa shape index (κ3) is 10.9. The van der Waals surface area contributed by atoms with Gasteiger partial charge in [0, 0.05) is 11.8 Å². The number of hydrogen-bond acceptors (Lipinski definition) is 3. The number of esters is 1. The van der Waals surface area contributed by atoms with E-state index >= 15 is 0 Å². The van der Waals surface area contributed by atoms with Gasteiger partial charge in [-0.25, -0.2) is 4.79 Å². The van der Waals surface area contributed by atoms with Crippen molar-refractivity contribution in [2.45, 2.75) is 52.4 Å². The molecule has 15 heavy (non-hydrogen) atoms. The summed E-state index contributed by atoms with van der Waals surface area (Å²) in [6, 6.07) is 0. The average Bonchev–Trinajstić information content (AvgIpc) is 2.15. The minimum atomic E-state index is -0.330. The number of ether oxygens (including phenoxy) is 1. The molecule has 3 nitrogen and oxygen atoms in total. The Hall–Kier alpha value is -0.990. The van der Waals surface area contributed by atoms with Crippen LogP contribution in [0.1, 0.15) is 52.4 Å². The summed E-state index contributed by atoms with van der Waals surface area (Å²) in [6.07, 6.45) is 8.48. The Labute approximate surface area is 92.7 Å². The lowest BCUT2D eigenvalue weighted by molar-refractivity contribution is -0.137. The van der Waals surface area contributed by atoms with Crippen LogP contribution in [0.25, 0.3) is 0 Å². The van der Waals surface area contributed by atoms with Crippen LogP contribution in [0.5, 0.6) is 0 Å². The molecule has 2 N–H and O–H groups in total. The minimum absolute atomic E-state index is 0.330. The zero-order chi connectivity index (χ0) is 11.5. The molecule has 0 saturated heterocycles. The normalized spacial score (nSPS) is 11.5. The maximum atomic E-state index is 11.0. The van der Waals surface area contributed by atoms with E-state index in [1.54, 1.807) is 6.92 Å². The fourth-order valence-electron chi connectivity index (χ4n) is 1.28. The Kier molecular flexibility index (Phi) is 8.93. The van der Waals surface area contributed by atoms with Crippen LogP contribution < -0.4 is 5.73 Å². The van der Waals surface area contributed by atoms with Crippen LogP contribution in [-0.4, -0.2) is 12.6 Å². The van der Waals surface area contributed by atoms with E-state index in [-0.39, 0.29) is 5.97 Å². The molecule has 0 aliphatic carbocycles. The molecular weight excluding hydrogens is 190 g/mol. The second kappa shape index (κ2) is 9.56. The van der Waals surface area contributed by atoms with E-state index in [1.807, 2.05) is 0 Å². The van der Waals surface area contributed by atoms with E-state index in [2.05, 4.69) is 6.92 Å². The van der Waals surface area contributed by atoms with Crippen LogP contribution in [0.15, 0.2) is 11.8 Å². The van der Waals surface area contributed by atoms with Crippen LogP contribution in [0.2, 0.25) is 0 Å². The van der Waals surface area contributed by atoms with Gasteiger partial charge in [0.15, 0.2) is 0 Å². The average molecular weight is 213 g/mol. The van der Waals surface area contributed by atoms with Crippen LogP contribution in [0, 0.1) is 0 Å². The van der Waals surface area contributed by atoms with Crippen molar-refractivity contribution in [3.8, 4) is 0 Å². The third-order valence-corrected chi connectivity index (χ3v) is 2.09. The zero-order valence-electron chi connectivity index (χ0n) is 9.92. The van der Waals surface area contributed by atoms with Crippen molar-refractivity contribution in [2.24, 2.45) is 5.73 Å². The van der Waals surface area contributed by atoms with Gasteiger partial charge in [-0.05, 0) is 13.3 Å². The van der Waals surface area contributed by atoms with Gasteiger partial charge in [0.05, 0.1) is 6.61 Å². The molecule has 0 rings (SSSR count). The summed E-state index contributed by atoms with van der Waals surface area (Å²) in [5, 5.41) is 0. The number of rotatable bonds is 8. The molecule has 0 bridgehead atoms. The summed E-state index contributed by atoms with van der Waals surface area (Å²) in [4.78, 5) is 11.0. The van der Waals surface area contributed by atoms with E-state index in [9.17, 15) is 4.79 Å². The smallest absolute Gasteiger partial charge is 0.332 e. The zero-order valence-corrected chi connectivity index (χ0v) is 9.92. The highest BCUT2D eigenvalue weighted by Gasteiger charge is 1.97. The van der Waals surface area contributed by atoms with Gasteiger partial charge in [0.25, 0.3) is 0 Å². The standard InChI is InChI=1S/C12H23NO2/c1-3-4-5-6-7-8-9-15-12(14)10-11(2)13/h10H,3-9,13H2,1-2H3. The second-order valence-corrected chi connectivity index (χ2v) is 3.82. The van der Waals surface area contributed by atoms with Gasteiger partial charge in [-0.15, -0.1) is 0 Å². The lowest BCUT2D eigenvalue weighted by Gasteiger charge is -2.02. The van der Waals surface area contributed by atoms with Crippen LogP contribution >= 0.6 is 0 Å². The van der Waals surface area contributed by atoms with E-state index in [0.29, 0.717) is 12.3 Å². The predicted octanol–water partition coefficient (Wildman–Crippen LogP) is 2.75. The maximum Gasteiger partial charge on any atom is 0.332 e. The molecule has 0 spiro atoms. The largest absolute Gasteiger partial charge is 0.462 e. The molecule has 3 heteroatoms. The van der Waals surface area contributed by atoms with Crippen molar-refractivity contribution >= 4 is 5.97 Å². The Morgan fingerprint density at radius 3 is 2.40 bits per heavy atom. The van der Waals surface area contributed by atoms with Crippen LogP contribution in [0.3, 0.4) is 0 Å². The molecule has 0 heterocycles. The van der Waals surface area contributed by atoms with E-state index in [0.717, 1.165) is 12.8 Å². The molecule has 0 saturated carbocycles. The molecule has 0 atom stereocenters. The summed E-state index contributed by atoms with van der Waals surface area (Å²) in [7, 11) is 0. The van der Waals surface area contributed by atoms with Crippen molar-refractivity contribution in [3.63, 3.8) is 0 Å². The monoisotopic (exact) mass is 213 g/mol. The van der Waals surface area contributed by atoms with E-state index < -0.39 is 0 Å². The highest BCUT2D eigenvalue weighted by Crippen LogP contribution is 2.04. The lowest BCUT2D eigenvalue weighted by Crippen LogP contribution is -2.05. The van der Waals surface area contributed by atoms with Gasteiger partial charge in [-0.2, -0.15) is 0 Å². The van der Waals surface area contributed by atoms with Gasteiger partial charge in [-0.3, -0.25) is 0 Å². The number of carbonyl (C=O) groups excluding carboxylic acids is 1. The molecule has 0 fully saturated rings. The van der Waals surface area contributed by atoms with Gasteiger partial charge in [0.2, 0.25) is 0 Å². The first kappa shape index (κ1) is 14.0. The second-order valence-electron chi connectivity index (χ2n) is 3.82. The minimum Gasteiger partial charge on any atom is -0.462 e. The van der Waals surface area contributed by atoms with Crippen LogP contribution in [-0.2, 0) is 9.53 Å². The molecule has 0 aliphatic heterocycles. The number of nitrogens with two attached hydrogens (primary N) is 1. The summed E-state index contributed by atoms with van der Waals surface area (Å²) >= 11 is 0. The molecule has 0 radical (unpaired) electrons. The molecule has 0 aromatic heterocycles. The summed E-state index contributed by atoms with van der Waals surface area (Å²) in [6.45, 7) is 4.38. The molecule has 88 valence electrons. The van der Waals surface area contributed by atoms with Crippen molar-refractivity contribution in [2.75, 3.05) is 6.61 Å². The van der Waals surface area contributed by atoms with Crippen molar-refractivity contribution < 1.29 is 9.53 Å². The van der Waals surface area contributed by atoms with Gasteiger partial charge in [0.1, 0.15) is 0 Å². The first-order chi connectivity index (χ1) is 7.16. The fraction of sp³-hybridized carbons (Fsp3) is 0.750. The molecule has 0 aliphatic rings. The Balaban J connectivity index is 3.24. The topological polar surface area (TPSA) is 52.3 Å². The lowest BCUT2D eigenvalue weighted by atomic mass is 10.1. The summed E-state index contributed by atoms with van der Waals surface area (Å²) < 4.78 is 4.96. The van der Waals surface area contributed by atoms with Crippen molar-refractivity contribution in [1.82, 2.24) is 0 Å². The molecule has 0 aromatic rings. The summed E-state index contributed by atoms with van der Waals surface area (Å²) in [5.41, 5.74) is 5.83. The summed E-state index contributed by atoms with van der Waals surface area (Å²) in [5.74, 6) is -0.330. The highest BCUT2D eigenvalue weighted by molar-refractivity contribution is 5.82. The number of carbonyl (C=O) groups is 1. The predicted molar refractivity (Wildman–Crippen MR) is 62.3 cm³/mol. The van der Waals surface area contributed by atoms with E-state index in [4.69, 9.17) is 10.5 Å². The Bertz CT molecular complexity index is 196. The van der Waals surface area contributed by atoms with Gasteiger partial charge >= 0.3 is 5.97 Å². The quantitative estimate of drug-likeness (QED) is 0.383. The molecule has 0 amide bonds. The Morgan fingerprint density at radius 1 is 1.20 bits per heavy atom. The van der Waals surface area contributed by atoms with Crippen molar-refractivity contribution in [1.29, 1.82) is 0 Å².